The van der Waals surface area contributed by atoms with Gasteiger partial charge in [-0.15, -0.1) is 0 Å². The second kappa shape index (κ2) is 5.19. The van der Waals surface area contributed by atoms with Gasteiger partial charge in [0, 0.05) is 25.2 Å². The Kier molecular flexibility index (Phi) is 3.56. The fourth-order valence-electron chi connectivity index (χ4n) is 3.29. The number of hydrogen-bond acceptors (Lipinski definition) is 3. The van der Waals surface area contributed by atoms with Gasteiger partial charge >= 0.3 is 0 Å². The first kappa shape index (κ1) is 13.0. The maximum Gasteiger partial charge on any atom is 0.128 e. The average molecular weight is 264 g/mol. The highest BCUT2D eigenvalue weighted by Crippen LogP contribution is 2.32. The number of morpholine rings is 1. The molecule has 0 saturated carbocycles. The Morgan fingerprint density at radius 3 is 2.68 bits per heavy atom. The maximum atomic E-state index is 14.1. The summed E-state index contributed by atoms with van der Waals surface area (Å²) in [6, 6.07) is 5.23. The summed E-state index contributed by atoms with van der Waals surface area (Å²) in [7, 11) is 0. The fraction of sp³-hybridized carbons (Fsp3) is 0.600. The van der Waals surface area contributed by atoms with Crippen molar-refractivity contribution in [3.63, 3.8) is 0 Å². The Bertz CT molecular complexity index is 453. The predicted octanol–water partition coefficient (Wildman–Crippen LogP) is 2.00. The van der Waals surface area contributed by atoms with Crippen LogP contribution in [0, 0.1) is 12.7 Å². The highest BCUT2D eigenvalue weighted by molar-refractivity contribution is 5.27. The van der Waals surface area contributed by atoms with Crippen molar-refractivity contribution in [3.05, 3.63) is 35.1 Å². The van der Waals surface area contributed by atoms with Crippen LogP contribution in [0.3, 0.4) is 0 Å². The molecule has 3 rings (SSSR count). The van der Waals surface area contributed by atoms with Crippen LogP contribution in [-0.2, 0) is 4.74 Å². The molecular formula is C15H21FN2O. The average Bonchev–Trinajstić information content (AvgIpc) is 2.74. The number of benzene rings is 1. The van der Waals surface area contributed by atoms with Crippen LogP contribution in [0.4, 0.5) is 4.39 Å². The number of rotatable bonds is 3. The van der Waals surface area contributed by atoms with E-state index >= 15 is 0 Å². The van der Waals surface area contributed by atoms with Gasteiger partial charge in [-0.05, 0) is 25.8 Å². The first-order valence-corrected chi connectivity index (χ1v) is 7.03. The number of halogens is 1. The number of hydrogen-bond donors (Lipinski definition) is 1. The minimum atomic E-state index is -0.153. The van der Waals surface area contributed by atoms with E-state index in [-0.39, 0.29) is 11.9 Å². The number of nitrogens with two attached hydrogens (primary N) is 1. The van der Waals surface area contributed by atoms with Gasteiger partial charge in [0.1, 0.15) is 5.82 Å². The smallest absolute Gasteiger partial charge is 0.128 e. The highest BCUT2D eigenvalue weighted by atomic mass is 19.1. The molecule has 2 bridgehead atoms. The molecule has 2 fully saturated rings. The number of nitrogens with zero attached hydrogens (tertiary/aromatic N) is 1. The normalized spacial score (nSPS) is 28.6. The Balaban J connectivity index is 1.85. The lowest BCUT2D eigenvalue weighted by molar-refractivity contribution is -0.0525. The Labute approximate surface area is 113 Å². The predicted molar refractivity (Wildman–Crippen MR) is 72.4 cm³/mol. The zero-order valence-corrected chi connectivity index (χ0v) is 11.3. The van der Waals surface area contributed by atoms with Gasteiger partial charge in [0.25, 0.3) is 0 Å². The molecule has 3 nitrogen and oxygen atoms in total. The van der Waals surface area contributed by atoms with Crippen molar-refractivity contribution in [2.24, 2.45) is 5.73 Å². The number of ether oxygens (including phenoxy) is 1. The Hall–Kier alpha value is -0.970. The van der Waals surface area contributed by atoms with Gasteiger partial charge in [-0.3, -0.25) is 4.90 Å². The molecule has 4 heteroatoms. The van der Waals surface area contributed by atoms with Crippen LogP contribution >= 0.6 is 0 Å². The molecule has 104 valence electrons. The molecule has 2 aliphatic rings. The molecule has 0 aliphatic carbocycles. The Morgan fingerprint density at radius 1 is 1.37 bits per heavy atom. The van der Waals surface area contributed by atoms with Crippen LogP contribution in [0.5, 0.6) is 0 Å². The third kappa shape index (κ3) is 2.53. The van der Waals surface area contributed by atoms with Crippen molar-refractivity contribution in [1.29, 1.82) is 0 Å². The summed E-state index contributed by atoms with van der Waals surface area (Å²) in [6.45, 7) is 4.16. The van der Waals surface area contributed by atoms with Crippen molar-refractivity contribution >= 4 is 0 Å². The molecule has 2 heterocycles. The lowest BCUT2D eigenvalue weighted by Gasteiger charge is -2.37. The number of likely N-dealkylation sites (tertiary alicyclic amines) is 1. The van der Waals surface area contributed by atoms with Crippen LogP contribution in [-0.4, -0.2) is 36.7 Å². The molecular weight excluding hydrogens is 243 g/mol. The lowest BCUT2D eigenvalue weighted by Crippen LogP contribution is -2.46. The van der Waals surface area contributed by atoms with E-state index in [1.807, 2.05) is 13.0 Å². The largest absolute Gasteiger partial charge is 0.372 e. The summed E-state index contributed by atoms with van der Waals surface area (Å²) in [5.41, 5.74) is 7.72. The van der Waals surface area contributed by atoms with Gasteiger partial charge in [-0.25, -0.2) is 4.39 Å². The lowest BCUT2D eigenvalue weighted by atomic mass is 10.0. The number of fused-ring (bicyclic) bond motifs is 2. The summed E-state index contributed by atoms with van der Waals surface area (Å²) >= 11 is 0. The van der Waals surface area contributed by atoms with Crippen molar-refractivity contribution in [2.45, 2.75) is 38.0 Å². The van der Waals surface area contributed by atoms with Gasteiger partial charge in [0.05, 0.1) is 18.2 Å². The van der Waals surface area contributed by atoms with Crippen LogP contribution < -0.4 is 5.73 Å². The van der Waals surface area contributed by atoms with Gasteiger partial charge in [-0.2, -0.15) is 0 Å². The molecule has 2 N–H and O–H groups in total. The summed E-state index contributed by atoms with van der Waals surface area (Å²) in [6.07, 6.45) is 2.85. The Morgan fingerprint density at radius 2 is 2.05 bits per heavy atom. The molecule has 0 aromatic heterocycles. The molecule has 2 aliphatic heterocycles. The van der Waals surface area contributed by atoms with E-state index in [1.54, 1.807) is 12.1 Å². The van der Waals surface area contributed by atoms with Crippen LogP contribution in [0.15, 0.2) is 18.2 Å². The standard InChI is InChI=1S/C15H21FN2O/c1-10-2-5-14(16)13(6-10)15(7-17)18-8-11-3-4-12(9-18)19-11/h2,5-6,11-12,15H,3-4,7-9,17H2,1H3. The monoisotopic (exact) mass is 264 g/mol. The molecule has 1 aromatic carbocycles. The van der Waals surface area contributed by atoms with E-state index in [2.05, 4.69) is 4.90 Å². The van der Waals surface area contributed by atoms with Crippen LogP contribution in [0.1, 0.15) is 30.0 Å². The van der Waals surface area contributed by atoms with Gasteiger partial charge in [0.2, 0.25) is 0 Å². The first-order chi connectivity index (χ1) is 9.17. The molecule has 1 aromatic rings. The minimum Gasteiger partial charge on any atom is -0.372 e. The van der Waals surface area contributed by atoms with Gasteiger partial charge < -0.3 is 10.5 Å². The summed E-state index contributed by atoms with van der Waals surface area (Å²) in [5.74, 6) is -0.153. The van der Waals surface area contributed by atoms with E-state index in [0.29, 0.717) is 18.8 Å². The minimum absolute atomic E-state index is 0.0353. The van der Waals surface area contributed by atoms with Crippen molar-refractivity contribution in [3.8, 4) is 0 Å². The summed E-state index contributed by atoms with van der Waals surface area (Å²) in [5, 5.41) is 0. The third-order valence-corrected chi connectivity index (χ3v) is 4.25. The zero-order chi connectivity index (χ0) is 13.4. The molecule has 19 heavy (non-hydrogen) atoms. The third-order valence-electron chi connectivity index (χ3n) is 4.25. The second-order valence-electron chi connectivity index (χ2n) is 5.69. The quantitative estimate of drug-likeness (QED) is 0.907. The summed E-state index contributed by atoms with van der Waals surface area (Å²) < 4.78 is 19.9. The molecule has 3 atom stereocenters. The first-order valence-electron chi connectivity index (χ1n) is 7.03. The van der Waals surface area contributed by atoms with Crippen molar-refractivity contribution in [1.82, 2.24) is 4.90 Å². The van der Waals surface area contributed by atoms with E-state index in [9.17, 15) is 4.39 Å². The molecule has 0 amide bonds. The van der Waals surface area contributed by atoms with E-state index in [0.717, 1.165) is 37.1 Å². The second-order valence-corrected chi connectivity index (χ2v) is 5.69. The SMILES string of the molecule is Cc1ccc(F)c(C(CN)N2CC3CCC(C2)O3)c1. The molecule has 3 unspecified atom stereocenters. The molecule has 0 spiro atoms. The zero-order valence-electron chi connectivity index (χ0n) is 11.3. The molecule has 2 saturated heterocycles. The summed E-state index contributed by atoms with van der Waals surface area (Å²) in [4.78, 5) is 2.30. The van der Waals surface area contributed by atoms with E-state index in [4.69, 9.17) is 10.5 Å². The van der Waals surface area contributed by atoms with Crippen LogP contribution in [0.2, 0.25) is 0 Å². The van der Waals surface area contributed by atoms with Crippen molar-refractivity contribution < 1.29 is 9.13 Å². The van der Waals surface area contributed by atoms with E-state index in [1.165, 1.54) is 0 Å². The topological polar surface area (TPSA) is 38.5 Å². The highest BCUT2D eigenvalue weighted by Gasteiger charge is 2.37. The number of aryl methyl sites for hydroxylation is 1. The van der Waals surface area contributed by atoms with Gasteiger partial charge in [0.15, 0.2) is 0 Å². The maximum absolute atomic E-state index is 14.1. The van der Waals surface area contributed by atoms with Crippen LogP contribution in [0.25, 0.3) is 0 Å². The molecule has 0 radical (unpaired) electrons. The van der Waals surface area contributed by atoms with Gasteiger partial charge in [-0.1, -0.05) is 17.7 Å². The van der Waals surface area contributed by atoms with E-state index < -0.39 is 0 Å². The fourth-order valence-corrected chi connectivity index (χ4v) is 3.29. The van der Waals surface area contributed by atoms with Crippen molar-refractivity contribution in [2.75, 3.05) is 19.6 Å².